The van der Waals surface area contributed by atoms with Crippen LogP contribution in [0.25, 0.3) is 0 Å². The van der Waals surface area contributed by atoms with Crippen LogP contribution in [-0.2, 0) is 10.0 Å². The number of amides is 1. The zero-order valence-electron chi connectivity index (χ0n) is 13.1. The van der Waals surface area contributed by atoms with Gasteiger partial charge < -0.3 is 4.90 Å². The second-order valence-electron chi connectivity index (χ2n) is 4.98. The number of rotatable bonds is 4. The highest BCUT2D eigenvalue weighted by atomic mass is 32.2. The topological polar surface area (TPSA) is 70.6 Å². The highest BCUT2D eigenvalue weighted by Crippen LogP contribution is 2.28. The van der Waals surface area contributed by atoms with Crippen LogP contribution in [0.15, 0.2) is 24.3 Å². The Kier molecular flexibility index (Phi) is 4.71. The van der Waals surface area contributed by atoms with Gasteiger partial charge in [-0.2, -0.15) is 0 Å². The van der Waals surface area contributed by atoms with Gasteiger partial charge >= 0.3 is 0 Å². The van der Waals surface area contributed by atoms with Gasteiger partial charge in [-0.05, 0) is 31.2 Å². The number of halogens is 1. The molecule has 2 aromatic rings. The quantitative estimate of drug-likeness (QED) is 0.842. The van der Waals surface area contributed by atoms with E-state index in [4.69, 9.17) is 0 Å². The first-order chi connectivity index (χ1) is 10.6. The molecule has 1 heterocycles. The molecule has 0 bridgehead atoms. The van der Waals surface area contributed by atoms with E-state index in [2.05, 4.69) is 4.98 Å². The predicted octanol–water partition coefficient (Wildman–Crippen LogP) is 2.26. The molecule has 0 saturated heterocycles. The number of hydrogen-bond donors (Lipinski definition) is 0. The molecule has 1 aromatic heterocycles. The molecule has 0 radical (unpaired) electrons. The molecule has 124 valence electrons. The molecule has 0 saturated carbocycles. The third-order valence-corrected chi connectivity index (χ3v) is 5.77. The van der Waals surface area contributed by atoms with E-state index in [1.165, 1.54) is 36.2 Å². The van der Waals surface area contributed by atoms with Crippen LogP contribution in [0.5, 0.6) is 0 Å². The van der Waals surface area contributed by atoms with Gasteiger partial charge in [0.1, 0.15) is 10.7 Å². The average Bonchev–Trinajstić information content (AvgIpc) is 2.86. The SMILES string of the molecule is Cc1nc(N(C)S(C)(=O)=O)sc1C(=O)N(C)c1ccc(F)cc1. The molecule has 0 N–H and O–H groups in total. The van der Waals surface area contributed by atoms with Gasteiger partial charge in [0.15, 0.2) is 5.13 Å². The standard InChI is InChI=1S/C14H16FN3O3S2/c1-9-12(22-14(16-9)18(3)23(4,20)21)13(19)17(2)11-7-5-10(15)6-8-11/h5-8H,1-4H3. The molecule has 0 aliphatic carbocycles. The van der Waals surface area contributed by atoms with Crippen LogP contribution in [0.2, 0.25) is 0 Å². The molecule has 0 spiro atoms. The zero-order valence-corrected chi connectivity index (χ0v) is 14.7. The van der Waals surface area contributed by atoms with Crippen LogP contribution < -0.4 is 9.21 Å². The van der Waals surface area contributed by atoms with E-state index in [0.29, 0.717) is 16.3 Å². The van der Waals surface area contributed by atoms with Gasteiger partial charge in [0.05, 0.1) is 11.9 Å². The molecule has 0 aliphatic rings. The van der Waals surface area contributed by atoms with Gasteiger partial charge in [0, 0.05) is 19.8 Å². The van der Waals surface area contributed by atoms with Crippen LogP contribution in [0, 0.1) is 12.7 Å². The molecule has 23 heavy (non-hydrogen) atoms. The van der Waals surface area contributed by atoms with Crippen molar-refractivity contribution in [3.63, 3.8) is 0 Å². The fraction of sp³-hybridized carbons (Fsp3) is 0.286. The van der Waals surface area contributed by atoms with Crippen molar-refractivity contribution in [2.75, 3.05) is 29.6 Å². The number of sulfonamides is 1. The monoisotopic (exact) mass is 357 g/mol. The largest absolute Gasteiger partial charge is 0.311 e. The summed E-state index contributed by atoms with van der Waals surface area (Å²) < 4.78 is 37.1. The highest BCUT2D eigenvalue weighted by Gasteiger charge is 2.23. The van der Waals surface area contributed by atoms with E-state index >= 15 is 0 Å². The van der Waals surface area contributed by atoms with E-state index in [9.17, 15) is 17.6 Å². The van der Waals surface area contributed by atoms with Crippen LogP contribution in [-0.4, -0.2) is 39.7 Å². The summed E-state index contributed by atoms with van der Waals surface area (Å²) in [6, 6.07) is 5.52. The summed E-state index contributed by atoms with van der Waals surface area (Å²) in [4.78, 5) is 18.4. The number of carbonyl (C=O) groups is 1. The Morgan fingerprint density at radius 3 is 2.30 bits per heavy atom. The van der Waals surface area contributed by atoms with Gasteiger partial charge in [0.25, 0.3) is 5.91 Å². The third-order valence-electron chi connectivity index (χ3n) is 3.26. The second-order valence-corrected chi connectivity index (χ2v) is 7.97. The normalized spacial score (nSPS) is 11.3. The summed E-state index contributed by atoms with van der Waals surface area (Å²) in [7, 11) is -0.503. The van der Waals surface area contributed by atoms with Crippen molar-refractivity contribution in [3.8, 4) is 0 Å². The molecule has 9 heteroatoms. The molecule has 1 amide bonds. The Balaban J connectivity index is 2.33. The fourth-order valence-electron chi connectivity index (χ4n) is 1.79. The van der Waals surface area contributed by atoms with Gasteiger partial charge in [-0.25, -0.2) is 22.1 Å². The molecule has 6 nitrogen and oxygen atoms in total. The van der Waals surface area contributed by atoms with Gasteiger partial charge in [-0.15, -0.1) is 0 Å². The lowest BCUT2D eigenvalue weighted by molar-refractivity contribution is 0.0996. The van der Waals surface area contributed by atoms with Gasteiger partial charge in [-0.1, -0.05) is 11.3 Å². The molecule has 0 fully saturated rings. The van der Waals surface area contributed by atoms with Gasteiger partial charge in [-0.3, -0.25) is 4.79 Å². The van der Waals surface area contributed by atoms with Crippen molar-refractivity contribution >= 4 is 38.1 Å². The molecule has 2 rings (SSSR count). The number of hydrogen-bond acceptors (Lipinski definition) is 5. The smallest absolute Gasteiger partial charge is 0.270 e. The number of aromatic nitrogens is 1. The molecule has 0 aliphatic heterocycles. The first-order valence-electron chi connectivity index (χ1n) is 6.56. The number of carbonyl (C=O) groups excluding carboxylic acids is 1. The minimum absolute atomic E-state index is 0.223. The summed E-state index contributed by atoms with van der Waals surface area (Å²) in [5.74, 6) is -0.722. The summed E-state index contributed by atoms with van der Waals surface area (Å²) in [6.45, 7) is 1.64. The average molecular weight is 357 g/mol. The first-order valence-corrected chi connectivity index (χ1v) is 9.22. The molecule has 1 aromatic carbocycles. The Bertz CT molecular complexity index is 831. The van der Waals surface area contributed by atoms with Crippen molar-refractivity contribution in [1.82, 2.24) is 4.98 Å². The number of nitrogens with zero attached hydrogens (tertiary/aromatic N) is 3. The summed E-state index contributed by atoms with van der Waals surface area (Å²) >= 11 is 0.999. The lowest BCUT2D eigenvalue weighted by Gasteiger charge is -2.16. The highest BCUT2D eigenvalue weighted by molar-refractivity contribution is 7.92. The minimum Gasteiger partial charge on any atom is -0.311 e. The minimum atomic E-state index is -3.45. The Hall–Kier alpha value is -2.00. The number of benzene rings is 1. The van der Waals surface area contributed by atoms with Crippen LogP contribution >= 0.6 is 11.3 Å². The fourth-order valence-corrected chi connectivity index (χ4v) is 3.55. The number of aryl methyl sites for hydroxylation is 1. The van der Waals surface area contributed by atoms with E-state index < -0.39 is 10.0 Å². The van der Waals surface area contributed by atoms with Crippen molar-refractivity contribution in [1.29, 1.82) is 0 Å². The zero-order chi connectivity index (χ0) is 17.4. The van der Waals surface area contributed by atoms with Crippen LogP contribution in [0.3, 0.4) is 0 Å². The van der Waals surface area contributed by atoms with Crippen LogP contribution in [0.1, 0.15) is 15.4 Å². The Morgan fingerprint density at radius 1 is 1.22 bits per heavy atom. The molecular formula is C14H16FN3O3S2. The van der Waals surface area contributed by atoms with E-state index in [0.717, 1.165) is 21.9 Å². The summed E-state index contributed by atoms with van der Waals surface area (Å²) in [6.07, 6.45) is 1.07. The maximum Gasteiger partial charge on any atom is 0.270 e. The maximum absolute atomic E-state index is 13.0. The second kappa shape index (κ2) is 6.25. The van der Waals surface area contributed by atoms with E-state index in [1.807, 2.05) is 0 Å². The Labute approximate surface area is 138 Å². The number of anilines is 2. The molecule has 0 atom stereocenters. The van der Waals surface area contributed by atoms with Crippen molar-refractivity contribution in [2.24, 2.45) is 0 Å². The maximum atomic E-state index is 13.0. The lowest BCUT2D eigenvalue weighted by atomic mass is 10.2. The van der Waals surface area contributed by atoms with Crippen LogP contribution in [0.4, 0.5) is 15.2 Å². The van der Waals surface area contributed by atoms with Gasteiger partial charge in [0.2, 0.25) is 10.0 Å². The van der Waals surface area contributed by atoms with Crippen molar-refractivity contribution < 1.29 is 17.6 Å². The summed E-state index contributed by atoms with van der Waals surface area (Å²) in [5.41, 5.74) is 0.974. The number of thiazole rings is 1. The molecule has 0 unspecified atom stereocenters. The van der Waals surface area contributed by atoms with E-state index in [1.54, 1.807) is 14.0 Å². The Morgan fingerprint density at radius 2 is 1.78 bits per heavy atom. The predicted molar refractivity (Wildman–Crippen MR) is 89.2 cm³/mol. The van der Waals surface area contributed by atoms with Crippen molar-refractivity contribution in [2.45, 2.75) is 6.92 Å². The lowest BCUT2D eigenvalue weighted by Crippen LogP contribution is -2.26. The van der Waals surface area contributed by atoms with Crippen molar-refractivity contribution in [3.05, 3.63) is 40.7 Å². The summed E-state index contributed by atoms with van der Waals surface area (Å²) in [5, 5.41) is 0.223. The molecular weight excluding hydrogens is 341 g/mol. The first kappa shape index (κ1) is 17.4. The van der Waals surface area contributed by atoms with E-state index in [-0.39, 0.29) is 16.9 Å². The third kappa shape index (κ3) is 3.67.